The van der Waals surface area contributed by atoms with Crippen LogP contribution in [0.2, 0.25) is 0 Å². The summed E-state index contributed by atoms with van der Waals surface area (Å²) in [6, 6.07) is 13.6. The summed E-state index contributed by atoms with van der Waals surface area (Å²) in [6.07, 6.45) is 0. The van der Waals surface area contributed by atoms with Gasteiger partial charge in [0.15, 0.2) is 0 Å². The highest BCUT2D eigenvalue weighted by Gasteiger charge is 2.26. The number of aromatic hydroxyl groups is 1. The number of phenolic OH excluding ortho intramolecular Hbond substituents is 1. The first-order valence-corrected chi connectivity index (χ1v) is 7.06. The largest absolute Gasteiger partial charge is 0.508 e. The topological polar surface area (TPSA) is 87.8 Å². The Balaban J connectivity index is 1.85. The van der Waals surface area contributed by atoms with Crippen molar-refractivity contribution in [3.05, 3.63) is 69.8 Å². The van der Waals surface area contributed by atoms with Crippen molar-refractivity contribution in [3.8, 4) is 5.75 Å². The molecule has 0 fully saturated rings. The number of nitro benzene ring substituents is 1. The molecule has 0 bridgehead atoms. The van der Waals surface area contributed by atoms with Crippen LogP contribution in [-0.2, 0) is 0 Å². The van der Waals surface area contributed by atoms with Crippen molar-refractivity contribution < 1.29 is 10.0 Å². The number of nitrogens with one attached hydrogen (secondary N) is 1. The third-order valence-electron chi connectivity index (χ3n) is 3.04. The quantitative estimate of drug-likeness (QED) is 0.672. The monoisotopic (exact) mass is 301 g/mol. The summed E-state index contributed by atoms with van der Waals surface area (Å²) in [5, 5.41) is 25.4. The van der Waals surface area contributed by atoms with Crippen LogP contribution in [0.25, 0.3) is 0 Å². The Bertz CT molecular complexity index is 719. The molecule has 0 radical (unpaired) electrons. The van der Waals surface area contributed by atoms with E-state index >= 15 is 0 Å². The van der Waals surface area contributed by atoms with Gasteiger partial charge in [0.2, 0.25) is 0 Å². The Morgan fingerprint density at radius 3 is 2.71 bits per heavy atom. The Labute approximate surface area is 124 Å². The zero-order valence-corrected chi connectivity index (χ0v) is 11.6. The lowest BCUT2D eigenvalue weighted by atomic mass is 10.2. The molecule has 2 aromatic carbocycles. The van der Waals surface area contributed by atoms with E-state index < -0.39 is 4.92 Å². The molecule has 2 N–H and O–H groups in total. The molecule has 0 amide bonds. The van der Waals surface area contributed by atoms with Gasteiger partial charge in [0.1, 0.15) is 16.2 Å². The molecule has 1 aliphatic heterocycles. The summed E-state index contributed by atoms with van der Waals surface area (Å²) in [7, 11) is 0. The lowest BCUT2D eigenvalue weighted by Crippen LogP contribution is -2.07. The van der Waals surface area contributed by atoms with Crippen molar-refractivity contribution in [2.45, 2.75) is 5.37 Å². The van der Waals surface area contributed by atoms with Crippen LogP contribution in [0.4, 0.5) is 5.69 Å². The molecule has 1 aliphatic rings. The molecule has 1 unspecified atom stereocenters. The van der Waals surface area contributed by atoms with Crippen LogP contribution in [0.15, 0.2) is 53.6 Å². The molecule has 0 saturated heterocycles. The predicted octanol–water partition coefficient (Wildman–Crippen LogP) is 3.00. The smallest absolute Gasteiger partial charge is 0.270 e. The fourth-order valence-corrected chi connectivity index (χ4v) is 3.02. The van der Waals surface area contributed by atoms with E-state index in [4.69, 9.17) is 0 Å². The molecule has 21 heavy (non-hydrogen) atoms. The minimum Gasteiger partial charge on any atom is -0.508 e. The van der Waals surface area contributed by atoms with Crippen molar-refractivity contribution in [2.24, 2.45) is 5.10 Å². The molecule has 1 heterocycles. The van der Waals surface area contributed by atoms with E-state index in [1.807, 2.05) is 30.3 Å². The first-order valence-electron chi connectivity index (χ1n) is 6.18. The molecule has 2 aromatic rings. The zero-order chi connectivity index (χ0) is 14.8. The van der Waals surface area contributed by atoms with Crippen LogP contribution in [0.1, 0.15) is 16.5 Å². The van der Waals surface area contributed by atoms with Gasteiger partial charge in [0, 0.05) is 23.3 Å². The standard InChI is InChI=1S/C14H11N3O3S/c18-12-7-6-10(17(19)20)8-11(12)14-16-15-13(21-14)9-4-2-1-3-5-9/h1-8,14,16,18H. The highest BCUT2D eigenvalue weighted by atomic mass is 32.2. The van der Waals surface area contributed by atoms with Gasteiger partial charge in [-0.2, -0.15) is 5.10 Å². The number of hydrazone groups is 1. The number of benzene rings is 2. The van der Waals surface area contributed by atoms with Gasteiger partial charge >= 0.3 is 0 Å². The van der Waals surface area contributed by atoms with E-state index in [0.717, 1.165) is 10.6 Å². The van der Waals surface area contributed by atoms with Crippen molar-refractivity contribution in [3.63, 3.8) is 0 Å². The molecule has 7 heteroatoms. The van der Waals surface area contributed by atoms with E-state index in [2.05, 4.69) is 10.5 Å². The van der Waals surface area contributed by atoms with Gasteiger partial charge in [-0.3, -0.25) is 15.5 Å². The van der Waals surface area contributed by atoms with E-state index in [-0.39, 0.29) is 16.8 Å². The van der Waals surface area contributed by atoms with Crippen LogP contribution in [0, 0.1) is 10.1 Å². The minimum absolute atomic E-state index is 0.00936. The van der Waals surface area contributed by atoms with E-state index in [1.54, 1.807) is 0 Å². The van der Waals surface area contributed by atoms with E-state index in [9.17, 15) is 15.2 Å². The lowest BCUT2D eigenvalue weighted by molar-refractivity contribution is -0.384. The highest BCUT2D eigenvalue weighted by Crippen LogP contribution is 2.39. The summed E-state index contributed by atoms with van der Waals surface area (Å²) in [5.74, 6) is 0.00936. The number of phenols is 1. The molecule has 0 aliphatic carbocycles. The van der Waals surface area contributed by atoms with Gasteiger partial charge in [-0.05, 0) is 6.07 Å². The van der Waals surface area contributed by atoms with Gasteiger partial charge in [-0.25, -0.2) is 0 Å². The van der Waals surface area contributed by atoms with Gasteiger partial charge in [-0.1, -0.05) is 42.1 Å². The maximum absolute atomic E-state index is 10.8. The molecular weight excluding hydrogens is 290 g/mol. The van der Waals surface area contributed by atoms with Crippen molar-refractivity contribution in [1.29, 1.82) is 0 Å². The van der Waals surface area contributed by atoms with Crippen LogP contribution in [-0.4, -0.2) is 15.1 Å². The molecule has 6 nitrogen and oxygen atoms in total. The van der Waals surface area contributed by atoms with Crippen LogP contribution in [0.5, 0.6) is 5.75 Å². The number of rotatable bonds is 3. The summed E-state index contributed by atoms with van der Waals surface area (Å²) in [5.41, 5.74) is 4.25. The highest BCUT2D eigenvalue weighted by molar-refractivity contribution is 8.14. The van der Waals surface area contributed by atoms with Crippen LogP contribution < -0.4 is 5.43 Å². The summed E-state index contributed by atoms with van der Waals surface area (Å²) >= 11 is 1.41. The zero-order valence-electron chi connectivity index (χ0n) is 10.8. The van der Waals surface area contributed by atoms with Crippen LogP contribution >= 0.6 is 11.8 Å². The normalized spacial score (nSPS) is 17.1. The van der Waals surface area contributed by atoms with Crippen LogP contribution in [0.3, 0.4) is 0 Å². The van der Waals surface area contributed by atoms with Gasteiger partial charge < -0.3 is 5.11 Å². The second-order valence-electron chi connectivity index (χ2n) is 4.41. The second kappa shape index (κ2) is 5.45. The Morgan fingerprint density at radius 1 is 1.24 bits per heavy atom. The van der Waals surface area contributed by atoms with Gasteiger partial charge in [-0.15, -0.1) is 0 Å². The Morgan fingerprint density at radius 2 is 2.00 bits per heavy atom. The number of hydrogen-bond acceptors (Lipinski definition) is 6. The Hall–Kier alpha value is -2.54. The minimum atomic E-state index is -0.485. The average Bonchev–Trinajstić information content (AvgIpc) is 2.98. The lowest BCUT2D eigenvalue weighted by Gasteiger charge is -2.11. The summed E-state index contributed by atoms with van der Waals surface area (Å²) < 4.78 is 0. The second-order valence-corrected chi connectivity index (χ2v) is 5.50. The number of nitro groups is 1. The predicted molar refractivity (Wildman–Crippen MR) is 81.2 cm³/mol. The number of nitrogens with zero attached hydrogens (tertiary/aromatic N) is 2. The number of thioether (sulfide) groups is 1. The van der Waals surface area contributed by atoms with Crippen molar-refractivity contribution in [2.75, 3.05) is 0 Å². The van der Waals surface area contributed by atoms with Gasteiger partial charge in [0.05, 0.1) is 4.92 Å². The fraction of sp³-hybridized carbons (Fsp3) is 0.0714. The average molecular weight is 301 g/mol. The van der Waals surface area contributed by atoms with Gasteiger partial charge in [0.25, 0.3) is 5.69 Å². The molecule has 0 aromatic heterocycles. The molecule has 106 valence electrons. The Kier molecular flexibility index (Phi) is 3.49. The van der Waals surface area contributed by atoms with E-state index in [1.165, 1.54) is 30.0 Å². The first-order chi connectivity index (χ1) is 10.1. The summed E-state index contributed by atoms with van der Waals surface area (Å²) in [4.78, 5) is 10.3. The molecular formula is C14H11N3O3S. The summed E-state index contributed by atoms with van der Waals surface area (Å²) in [6.45, 7) is 0. The fourth-order valence-electron chi connectivity index (χ4n) is 1.99. The molecule has 1 atom stereocenters. The third-order valence-corrected chi connectivity index (χ3v) is 4.18. The van der Waals surface area contributed by atoms with Crippen molar-refractivity contribution in [1.82, 2.24) is 5.43 Å². The maximum atomic E-state index is 10.8. The number of hydrogen-bond donors (Lipinski definition) is 2. The third kappa shape index (κ3) is 2.68. The molecule has 0 spiro atoms. The van der Waals surface area contributed by atoms with E-state index in [0.29, 0.717) is 5.56 Å². The number of non-ortho nitro benzene ring substituents is 1. The molecule has 0 saturated carbocycles. The first kappa shape index (κ1) is 13.4. The molecule has 3 rings (SSSR count). The maximum Gasteiger partial charge on any atom is 0.270 e. The van der Waals surface area contributed by atoms with Crippen molar-refractivity contribution >= 4 is 22.5 Å². The SMILES string of the molecule is O=[N+]([O-])c1ccc(O)c(C2NN=C(c3ccccc3)S2)c1.